The molecule has 0 bridgehead atoms. The van der Waals surface area contributed by atoms with Gasteiger partial charge in [0.15, 0.2) is 11.4 Å². The molecule has 7 aromatic carbocycles. The van der Waals surface area contributed by atoms with Crippen LogP contribution in [-0.4, -0.2) is 9.13 Å². The van der Waals surface area contributed by atoms with E-state index in [-0.39, 0.29) is 0 Å². The molecule has 0 saturated carbocycles. The van der Waals surface area contributed by atoms with Gasteiger partial charge in [-0.1, -0.05) is 91.0 Å². The maximum atomic E-state index is 10.6. The number of hydrogen-bond acceptors (Lipinski definition) is 1. The third-order valence-corrected chi connectivity index (χ3v) is 9.59. The zero-order valence-corrected chi connectivity index (χ0v) is 26.7. The Labute approximate surface area is 288 Å². The molecule has 0 amide bonds. The molecular weight excluding hydrogens is 611 g/mol. The highest BCUT2D eigenvalue weighted by Crippen LogP contribution is 2.44. The first-order valence-corrected chi connectivity index (χ1v) is 16.2. The molecule has 0 radical (unpaired) electrons. The van der Waals surface area contributed by atoms with E-state index >= 15 is 0 Å². The van der Waals surface area contributed by atoms with Crippen LogP contribution in [0, 0.1) is 24.5 Å². The standard InChI is InChI=1S/C45H25N5/c1-47-31-21-23-34(29-11-9-13-33(25-29)49-40-17-6-3-14-35(40)36-15-4-7-18-41(36)49)39(27-31)45-30(28-46)12-10-20-44(45)50-42-19-8-5-16-37(42)38-26-32(48-2)22-24-43(38)50/h3-27H. The lowest BCUT2D eigenvalue weighted by atomic mass is 9.90. The normalized spacial score (nSPS) is 11.1. The molecule has 9 aromatic rings. The molecule has 0 saturated heterocycles. The monoisotopic (exact) mass is 635 g/mol. The fourth-order valence-corrected chi connectivity index (χ4v) is 7.47. The van der Waals surface area contributed by atoms with Gasteiger partial charge in [0, 0.05) is 27.4 Å². The first-order chi connectivity index (χ1) is 24.7. The molecule has 9 rings (SSSR count). The topological polar surface area (TPSA) is 42.4 Å². The minimum absolute atomic E-state index is 0.491. The van der Waals surface area contributed by atoms with Crippen molar-refractivity contribution in [3.8, 4) is 39.7 Å². The van der Waals surface area contributed by atoms with Gasteiger partial charge in [-0.25, -0.2) is 9.69 Å². The summed E-state index contributed by atoms with van der Waals surface area (Å²) in [5, 5.41) is 15.0. The van der Waals surface area contributed by atoms with Gasteiger partial charge < -0.3 is 9.13 Å². The van der Waals surface area contributed by atoms with Crippen LogP contribution < -0.4 is 0 Å². The SMILES string of the molecule is [C-]#[N+]c1ccc(-c2cccc(-n3c4ccccc4c4ccccc43)c2)c(-c2c(C#N)cccc2-n2c3ccccc3c3cc([N+]#[C-])ccc32)c1. The summed E-state index contributed by atoms with van der Waals surface area (Å²) in [6.07, 6.45) is 0. The summed E-state index contributed by atoms with van der Waals surface area (Å²) in [7, 11) is 0. The zero-order chi connectivity index (χ0) is 33.8. The minimum atomic E-state index is 0.491. The van der Waals surface area contributed by atoms with E-state index in [9.17, 15) is 5.26 Å². The van der Waals surface area contributed by atoms with Crippen molar-refractivity contribution in [2.24, 2.45) is 0 Å². The molecule has 0 N–H and O–H groups in total. The van der Waals surface area contributed by atoms with E-state index in [1.54, 1.807) is 0 Å². The highest BCUT2D eigenvalue weighted by molar-refractivity contribution is 6.11. The second kappa shape index (κ2) is 11.4. The van der Waals surface area contributed by atoms with Crippen LogP contribution in [0.15, 0.2) is 152 Å². The summed E-state index contributed by atoms with van der Waals surface area (Å²) in [6, 6.07) is 53.3. The van der Waals surface area contributed by atoms with Gasteiger partial charge in [-0.2, -0.15) is 5.26 Å². The van der Waals surface area contributed by atoms with E-state index in [0.717, 1.165) is 66.5 Å². The number of benzene rings is 7. The van der Waals surface area contributed by atoms with Gasteiger partial charge in [0.2, 0.25) is 0 Å². The van der Waals surface area contributed by atoms with Gasteiger partial charge in [0.05, 0.1) is 52.5 Å². The van der Waals surface area contributed by atoms with E-state index < -0.39 is 0 Å². The Morgan fingerprint density at radius 3 is 1.74 bits per heavy atom. The molecule has 2 heterocycles. The highest BCUT2D eigenvalue weighted by atomic mass is 15.0. The molecular formula is C45H25N5. The molecule has 0 atom stereocenters. The van der Waals surface area contributed by atoms with Crippen LogP contribution in [0.4, 0.5) is 11.4 Å². The lowest BCUT2D eigenvalue weighted by Gasteiger charge is -2.19. The number of para-hydroxylation sites is 3. The summed E-state index contributed by atoms with van der Waals surface area (Å²) in [5.41, 5.74) is 11.0. The second-order valence-electron chi connectivity index (χ2n) is 12.2. The van der Waals surface area contributed by atoms with Gasteiger partial charge in [0.1, 0.15) is 0 Å². The maximum absolute atomic E-state index is 10.6. The Balaban J connectivity index is 1.33. The van der Waals surface area contributed by atoms with Crippen LogP contribution in [0.1, 0.15) is 5.56 Å². The van der Waals surface area contributed by atoms with Crippen molar-refractivity contribution in [1.82, 2.24) is 9.13 Å². The average molecular weight is 636 g/mol. The summed E-state index contributed by atoms with van der Waals surface area (Å²) in [6.45, 7) is 15.6. The number of nitriles is 1. The van der Waals surface area contributed by atoms with E-state index in [4.69, 9.17) is 13.1 Å². The van der Waals surface area contributed by atoms with Gasteiger partial charge in [-0.3, -0.25) is 0 Å². The predicted octanol–water partition coefficient (Wildman–Crippen LogP) is 12.2. The van der Waals surface area contributed by atoms with Gasteiger partial charge in [0.25, 0.3) is 0 Å². The molecule has 0 aliphatic heterocycles. The summed E-state index contributed by atoms with van der Waals surface area (Å²) in [5.74, 6) is 0. The summed E-state index contributed by atoms with van der Waals surface area (Å²) < 4.78 is 4.48. The smallest absolute Gasteiger partial charge is 0.188 e. The molecule has 5 nitrogen and oxygen atoms in total. The number of aromatic nitrogens is 2. The van der Waals surface area contributed by atoms with E-state index in [2.05, 4.69) is 110 Å². The van der Waals surface area contributed by atoms with E-state index in [1.807, 2.05) is 66.7 Å². The lowest BCUT2D eigenvalue weighted by molar-refractivity contribution is 1.18. The van der Waals surface area contributed by atoms with Crippen LogP contribution in [0.2, 0.25) is 0 Å². The van der Waals surface area contributed by atoms with Crippen molar-refractivity contribution >= 4 is 55.0 Å². The van der Waals surface area contributed by atoms with Crippen LogP contribution in [0.25, 0.3) is 86.9 Å². The Bertz CT molecular complexity index is 2920. The van der Waals surface area contributed by atoms with Crippen molar-refractivity contribution in [2.45, 2.75) is 0 Å². The summed E-state index contributed by atoms with van der Waals surface area (Å²) >= 11 is 0. The summed E-state index contributed by atoms with van der Waals surface area (Å²) in [4.78, 5) is 7.51. The van der Waals surface area contributed by atoms with Crippen LogP contribution in [0.5, 0.6) is 0 Å². The molecule has 5 heteroatoms. The van der Waals surface area contributed by atoms with Crippen LogP contribution in [-0.2, 0) is 0 Å². The molecule has 50 heavy (non-hydrogen) atoms. The van der Waals surface area contributed by atoms with Gasteiger partial charge >= 0.3 is 0 Å². The zero-order valence-electron chi connectivity index (χ0n) is 26.7. The highest BCUT2D eigenvalue weighted by Gasteiger charge is 2.21. The number of hydrogen-bond donors (Lipinski definition) is 0. The van der Waals surface area contributed by atoms with Gasteiger partial charge in [-0.05, 0) is 82.7 Å². The Morgan fingerprint density at radius 2 is 1.06 bits per heavy atom. The molecule has 0 fully saturated rings. The fourth-order valence-electron chi connectivity index (χ4n) is 7.47. The van der Waals surface area contributed by atoms with Gasteiger partial charge in [-0.15, -0.1) is 0 Å². The molecule has 0 aliphatic rings. The second-order valence-corrected chi connectivity index (χ2v) is 12.2. The predicted molar refractivity (Wildman–Crippen MR) is 203 cm³/mol. The average Bonchev–Trinajstić information content (AvgIpc) is 3.70. The molecule has 2 aromatic heterocycles. The van der Waals surface area contributed by atoms with Crippen LogP contribution in [0.3, 0.4) is 0 Å². The van der Waals surface area contributed by atoms with Crippen molar-refractivity contribution in [1.29, 1.82) is 5.26 Å². The fraction of sp³-hybridized carbons (Fsp3) is 0. The quantitative estimate of drug-likeness (QED) is 0.177. The Hall–Kier alpha value is -7.39. The van der Waals surface area contributed by atoms with Crippen molar-refractivity contribution < 1.29 is 0 Å². The first-order valence-electron chi connectivity index (χ1n) is 16.2. The van der Waals surface area contributed by atoms with E-state index in [0.29, 0.717) is 16.9 Å². The first kappa shape index (κ1) is 28.8. The van der Waals surface area contributed by atoms with Crippen molar-refractivity contribution in [2.75, 3.05) is 0 Å². The number of nitrogens with zero attached hydrogens (tertiary/aromatic N) is 5. The number of fused-ring (bicyclic) bond motifs is 6. The molecule has 0 unspecified atom stereocenters. The molecule has 0 aliphatic carbocycles. The Kier molecular flexibility index (Phi) is 6.56. The third-order valence-electron chi connectivity index (χ3n) is 9.59. The maximum Gasteiger partial charge on any atom is 0.188 e. The molecule has 230 valence electrons. The molecule has 0 spiro atoms. The van der Waals surface area contributed by atoms with Crippen molar-refractivity contribution in [3.05, 3.63) is 180 Å². The lowest BCUT2D eigenvalue weighted by Crippen LogP contribution is -2.01. The minimum Gasteiger partial charge on any atom is -0.309 e. The third kappa shape index (κ3) is 4.31. The van der Waals surface area contributed by atoms with E-state index in [1.165, 1.54) is 10.8 Å². The largest absolute Gasteiger partial charge is 0.309 e. The van der Waals surface area contributed by atoms with Crippen molar-refractivity contribution in [3.63, 3.8) is 0 Å². The number of rotatable bonds is 4. The Morgan fingerprint density at radius 1 is 0.480 bits per heavy atom. The van der Waals surface area contributed by atoms with Crippen LogP contribution >= 0.6 is 0 Å².